The van der Waals surface area contributed by atoms with Crippen LogP contribution in [0.25, 0.3) is 0 Å². The number of hydrogen-bond donors (Lipinski definition) is 2. The summed E-state index contributed by atoms with van der Waals surface area (Å²) in [7, 11) is 0. The van der Waals surface area contributed by atoms with Crippen LogP contribution in [0, 0.1) is 6.92 Å². The maximum atomic E-state index is 5.76. The van der Waals surface area contributed by atoms with E-state index in [1.54, 1.807) is 0 Å². The summed E-state index contributed by atoms with van der Waals surface area (Å²) in [6.07, 6.45) is 5.27. The predicted molar refractivity (Wildman–Crippen MR) is 81.4 cm³/mol. The Hall–Kier alpha value is -1.29. The van der Waals surface area contributed by atoms with Gasteiger partial charge < -0.3 is 16.0 Å². The van der Waals surface area contributed by atoms with Gasteiger partial charge in [0.1, 0.15) is 5.82 Å². The molecule has 0 saturated carbocycles. The zero-order chi connectivity index (χ0) is 13.7. The van der Waals surface area contributed by atoms with Crippen LogP contribution in [0.15, 0.2) is 12.1 Å². The summed E-state index contributed by atoms with van der Waals surface area (Å²) in [5.74, 6) is 0.929. The summed E-state index contributed by atoms with van der Waals surface area (Å²) < 4.78 is 0. The minimum atomic E-state index is 0.755. The molecule has 0 aliphatic carbocycles. The van der Waals surface area contributed by atoms with Gasteiger partial charge in [0, 0.05) is 19.1 Å². The summed E-state index contributed by atoms with van der Waals surface area (Å²) in [5, 5.41) is 3.37. The zero-order valence-electron chi connectivity index (χ0n) is 12.2. The zero-order valence-corrected chi connectivity index (χ0v) is 12.2. The number of nitrogens with one attached hydrogen (secondary N) is 1. The molecule has 1 saturated heterocycles. The molecule has 0 spiro atoms. The van der Waals surface area contributed by atoms with Crippen LogP contribution in [0.1, 0.15) is 38.3 Å². The Balaban J connectivity index is 1.70. The van der Waals surface area contributed by atoms with Gasteiger partial charge in [-0.15, -0.1) is 0 Å². The van der Waals surface area contributed by atoms with Crippen molar-refractivity contribution in [1.82, 2.24) is 9.88 Å². The standard InChI is InChI=1S/C15H26N4/c1-12-6-3-4-10-19(12)11-5-9-17-15-8-7-14(16)13(2)18-15/h7-8,12H,3-6,9-11,16H2,1-2H3,(H,17,18). The normalized spacial score (nSPS) is 20.4. The Kier molecular flexibility index (Phi) is 5.02. The van der Waals surface area contributed by atoms with Crippen molar-refractivity contribution in [1.29, 1.82) is 0 Å². The lowest BCUT2D eigenvalue weighted by Gasteiger charge is -2.33. The van der Waals surface area contributed by atoms with Gasteiger partial charge in [-0.05, 0) is 51.8 Å². The van der Waals surface area contributed by atoms with Gasteiger partial charge >= 0.3 is 0 Å². The van der Waals surface area contributed by atoms with E-state index >= 15 is 0 Å². The van der Waals surface area contributed by atoms with Gasteiger partial charge in [0.2, 0.25) is 0 Å². The number of anilines is 2. The molecule has 0 bridgehead atoms. The molecule has 2 rings (SSSR count). The highest BCUT2D eigenvalue weighted by atomic mass is 15.2. The highest BCUT2D eigenvalue weighted by molar-refractivity contribution is 5.48. The number of aromatic nitrogens is 1. The van der Waals surface area contributed by atoms with Gasteiger partial charge in [0.15, 0.2) is 0 Å². The summed E-state index contributed by atoms with van der Waals surface area (Å²) in [4.78, 5) is 7.03. The van der Waals surface area contributed by atoms with Gasteiger partial charge in [-0.3, -0.25) is 0 Å². The van der Waals surface area contributed by atoms with Crippen LogP contribution in [-0.2, 0) is 0 Å². The van der Waals surface area contributed by atoms with E-state index in [1.807, 2.05) is 19.1 Å². The van der Waals surface area contributed by atoms with Crippen LogP contribution in [0.5, 0.6) is 0 Å². The highest BCUT2D eigenvalue weighted by Crippen LogP contribution is 2.16. The van der Waals surface area contributed by atoms with Crippen LogP contribution >= 0.6 is 0 Å². The number of piperidine rings is 1. The first-order chi connectivity index (χ1) is 9.16. The number of pyridine rings is 1. The van der Waals surface area contributed by atoms with E-state index in [2.05, 4.69) is 22.1 Å². The van der Waals surface area contributed by atoms with Crippen molar-refractivity contribution in [2.75, 3.05) is 30.7 Å². The Bertz CT molecular complexity index is 405. The van der Waals surface area contributed by atoms with Crippen LogP contribution in [0.3, 0.4) is 0 Å². The number of nitrogens with zero attached hydrogens (tertiary/aromatic N) is 2. The summed E-state index contributed by atoms with van der Waals surface area (Å²) >= 11 is 0. The van der Waals surface area contributed by atoms with E-state index in [0.717, 1.165) is 36.2 Å². The smallest absolute Gasteiger partial charge is 0.126 e. The molecule has 1 fully saturated rings. The van der Waals surface area contributed by atoms with Crippen molar-refractivity contribution < 1.29 is 0 Å². The minimum absolute atomic E-state index is 0.755. The fourth-order valence-corrected chi connectivity index (χ4v) is 2.66. The van der Waals surface area contributed by atoms with E-state index in [4.69, 9.17) is 5.73 Å². The second kappa shape index (κ2) is 6.75. The lowest BCUT2D eigenvalue weighted by atomic mass is 10.0. The summed E-state index contributed by atoms with van der Waals surface area (Å²) in [6, 6.07) is 4.62. The molecule has 1 atom stereocenters. The number of aryl methyl sites for hydroxylation is 1. The average molecular weight is 262 g/mol. The molecule has 1 aromatic rings. The lowest BCUT2D eigenvalue weighted by Crippen LogP contribution is -2.38. The van der Waals surface area contributed by atoms with Crippen LogP contribution in [0.2, 0.25) is 0 Å². The summed E-state index contributed by atoms with van der Waals surface area (Å²) in [5.41, 5.74) is 7.41. The highest BCUT2D eigenvalue weighted by Gasteiger charge is 2.16. The van der Waals surface area contributed by atoms with E-state index in [1.165, 1.54) is 32.4 Å². The Morgan fingerprint density at radius 3 is 3.00 bits per heavy atom. The number of nitrogen functional groups attached to an aromatic ring is 1. The molecule has 0 aromatic carbocycles. The maximum absolute atomic E-state index is 5.76. The number of rotatable bonds is 5. The first-order valence-corrected chi connectivity index (χ1v) is 7.38. The van der Waals surface area contributed by atoms with Crippen LogP contribution in [-0.4, -0.2) is 35.6 Å². The summed E-state index contributed by atoms with van der Waals surface area (Å²) in [6.45, 7) is 7.70. The molecular weight excluding hydrogens is 236 g/mol. The monoisotopic (exact) mass is 262 g/mol. The topological polar surface area (TPSA) is 54.2 Å². The molecule has 106 valence electrons. The lowest BCUT2D eigenvalue weighted by molar-refractivity contribution is 0.160. The first-order valence-electron chi connectivity index (χ1n) is 7.38. The van der Waals surface area contributed by atoms with Crippen molar-refractivity contribution in [3.63, 3.8) is 0 Å². The molecule has 1 aliphatic heterocycles. The molecular formula is C15H26N4. The molecule has 0 amide bonds. The molecule has 1 unspecified atom stereocenters. The quantitative estimate of drug-likeness (QED) is 0.801. The Morgan fingerprint density at radius 1 is 1.42 bits per heavy atom. The third kappa shape index (κ3) is 4.10. The predicted octanol–water partition coefficient (Wildman–Crippen LogP) is 2.65. The van der Waals surface area contributed by atoms with Crippen molar-refractivity contribution in [2.45, 2.75) is 45.6 Å². The van der Waals surface area contributed by atoms with Gasteiger partial charge in [0.05, 0.1) is 11.4 Å². The van der Waals surface area contributed by atoms with E-state index in [0.29, 0.717) is 0 Å². The number of likely N-dealkylation sites (tertiary alicyclic amines) is 1. The maximum Gasteiger partial charge on any atom is 0.126 e. The first kappa shape index (κ1) is 14.1. The molecule has 4 heteroatoms. The van der Waals surface area contributed by atoms with E-state index in [9.17, 15) is 0 Å². The second-order valence-electron chi connectivity index (χ2n) is 5.53. The second-order valence-corrected chi connectivity index (χ2v) is 5.53. The van der Waals surface area contributed by atoms with Crippen molar-refractivity contribution in [3.05, 3.63) is 17.8 Å². The Morgan fingerprint density at radius 2 is 2.26 bits per heavy atom. The van der Waals surface area contributed by atoms with Crippen LogP contribution < -0.4 is 11.1 Å². The molecule has 2 heterocycles. The largest absolute Gasteiger partial charge is 0.397 e. The van der Waals surface area contributed by atoms with Gasteiger partial charge in [-0.2, -0.15) is 0 Å². The van der Waals surface area contributed by atoms with Crippen molar-refractivity contribution >= 4 is 11.5 Å². The molecule has 1 aromatic heterocycles. The van der Waals surface area contributed by atoms with Crippen molar-refractivity contribution in [2.24, 2.45) is 0 Å². The van der Waals surface area contributed by atoms with Crippen molar-refractivity contribution in [3.8, 4) is 0 Å². The molecule has 1 aliphatic rings. The SMILES string of the molecule is Cc1nc(NCCCN2CCCCC2C)ccc1N. The van der Waals surface area contributed by atoms with Gasteiger partial charge in [-0.25, -0.2) is 4.98 Å². The molecule has 19 heavy (non-hydrogen) atoms. The third-order valence-electron chi connectivity index (χ3n) is 4.00. The minimum Gasteiger partial charge on any atom is -0.397 e. The van der Waals surface area contributed by atoms with E-state index < -0.39 is 0 Å². The third-order valence-corrected chi connectivity index (χ3v) is 4.00. The average Bonchev–Trinajstić information content (AvgIpc) is 2.40. The van der Waals surface area contributed by atoms with Crippen LogP contribution in [0.4, 0.5) is 11.5 Å². The number of hydrogen-bond acceptors (Lipinski definition) is 4. The fraction of sp³-hybridized carbons (Fsp3) is 0.667. The molecule has 0 radical (unpaired) electrons. The molecule has 3 N–H and O–H groups in total. The van der Waals surface area contributed by atoms with E-state index in [-0.39, 0.29) is 0 Å². The molecule has 4 nitrogen and oxygen atoms in total. The van der Waals surface area contributed by atoms with Gasteiger partial charge in [0.25, 0.3) is 0 Å². The Labute approximate surface area is 116 Å². The van der Waals surface area contributed by atoms with Gasteiger partial charge in [-0.1, -0.05) is 6.42 Å². The fourth-order valence-electron chi connectivity index (χ4n) is 2.66. The number of nitrogens with two attached hydrogens (primary N) is 1.